The van der Waals surface area contributed by atoms with Crippen LogP contribution in [0.2, 0.25) is 0 Å². The monoisotopic (exact) mass is 165 g/mol. The van der Waals surface area contributed by atoms with Gasteiger partial charge in [0.15, 0.2) is 0 Å². The van der Waals surface area contributed by atoms with Crippen LogP contribution in [0.15, 0.2) is 0 Å². The maximum Gasteiger partial charge on any atom is 0.618 e. The average molecular weight is 166 g/mol. The molecule has 1 radical (unpaired) electrons. The highest BCUT2D eigenvalue weighted by atomic mass is 35.6. The third-order valence-electron chi connectivity index (χ3n) is 0.604. The molecule has 0 spiro atoms. The molecule has 0 aromatic heterocycles. The van der Waals surface area contributed by atoms with Crippen LogP contribution in [0.1, 0.15) is 26.2 Å². The first-order valence-electron chi connectivity index (χ1n) is 2.74. The summed E-state index contributed by atoms with van der Waals surface area (Å²) in [6.07, 6.45) is 3.65. The van der Waals surface area contributed by atoms with Gasteiger partial charge in [0.1, 0.15) is 0 Å². The van der Waals surface area contributed by atoms with E-state index in [0.717, 1.165) is 6.42 Å². The van der Waals surface area contributed by atoms with Gasteiger partial charge in [-0.2, -0.15) is 0 Å². The smallest absolute Gasteiger partial charge is 0.309 e. The predicted molar refractivity (Wildman–Crippen MR) is 42.3 cm³/mol. The highest BCUT2D eigenvalue weighted by Crippen LogP contribution is 1.87. The van der Waals surface area contributed by atoms with Gasteiger partial charge in [-0.15, -0.1) is 0 Å². The topological polar surface area (TPSA) is 0 Å². The molecule has 3 heteroatoms. The minimum absolute atomic E-state index is 0.639. The third-order valence-corrected chi connectivity index (χ3v) is 0.604. The number of hydrogen-bond acceptors (Lipinski definition) is 0. The summed E-state index contributed by atoms with van der Waals surface area (Å²) in [6, 6.07) is 0. The van der Waals surface area contributed by atoms with Gasteiger partial charge in [0, 0.05) is 0 Å². The van der Waals surface area contributed by atoms with Gasteiger partial charge in [0.05, 0.1) is 0 Å². The summed E-state index contributed by atoms with van der Waals surface area (Å²) < 4.78 is 0. The molecular weight excluding hydrogens is 155 g/mol. The van der Waals surface area contributed by atoms with Crippen LogP contribution < -0.4 is 0 Å². The Morgan fingerprint density at radius 3 is 1.88 bits per heavy atom. The van der Waals surface area contributed by atoms with Gasteiger partial charge < -0.3 is 18.1 Å². The van der Waals surface area contributed by atoms with Gasteiger partial charge in [-0.1, -0.05) is 33.1 Å². The minimum atomic E-state index is -0.639. The molecule has 0 saturated carbocycles. The molecule has 0 amide bonds. The maximum absolute atomic E-state index is 4.90. The van der Waals surface area contributed by atoms with Gasteiger partial charge in [-0.25, -0.2) is 0 Å². The molecule has 0 unspecified atom stereocenters. The molecule has 0 saturated heterocycles. The molecule has 0 aliphatic carbocycles. The lowest BCUT2D eigenvalue weighted by Crippen LogP contribution is -1.59. The van der Waals surface area contributed by atoms with Crippen LogP contribution >= 0.6 is 18.1 Å². The summed E-state index contributed by atoms with van der Waals surface area (Å²) in [5.41, 5.74) is 0. The fourth-order valence-electron chi connectivity index (χ4n) is 0.250. The van der Waals surface area contributed by atoms with E-state index in [9.17, 15) is 0 Å². The Balaban J connectivity index is 0. The Labute approximate surface area is 69.2 Å². The average Bonchev–Trinajstić information content (AvgIpc) is 1.71. The van der Waals surface area contributed by atoms with Crippen LogP contribution in [-0.4, -0.2) is 18.2 Å². The molecule has 0 aromatic rings. The molecule has 0 fully saturated rings. The van der Waals surface area contributed by atoms with Crippen molar-refractivity contribution in [3.8, 4) is 0 Å². The van der Waals surface area contributed by atoms with Crippen molar-refractivity contribution in [1.29, 1.82) is 0 Å². The number of hydrogen-bond donors (Lipinski definition) is 0. The lowest BCUT2D eigenvalue weighted by atomic mass is 10.3. The lowest BCUT2D eigenvalue weighted by Gasteiger charge is -1.79. The van der Waals surface area contributed by atoms with Crippen LogP contribution in [0.4, 0.5) is 0 Å². The molecule has 0 bridgehead atoms. The van der Waals surface area contributed by atoms with E-state index in [1.807, 2.05) is 0 Å². The molecule has 0 atom stereocenters. The van der Waals surface area contributed by atoms with Crippen molar-refractivity contribution < 1.29 is 0 Å². The zero-order chi connectivity index (χ0) is 6.83. The second-order valence-corrected chi connectivity index (χ2v) is 3.93. The van der Waals surface area contributed by atoms with Gasteiger partial charge in [0.25, 0.3) is 0 Å². The van der Waals surface area contributed by atoms with E-state index in [2.05, 4.69) is 13.8 Å². The van der Waals surface area contributed by atoms with Gasteiger partial charge in [-0.3, -0.25) is 0 Å². The summed E-state index contributed by atoms with van der Waals surface area (Å²) in [4.78, 5) is 0. The zero-order valence-electron chi connectivity index (χ0n) is 5.29. The first-order valence-corrected chi connectivity index (χ1v) is 7.02. The second-order valence-electron chi connectivity index (χ2n) is 1.31. The molecule has 0 rings (SSSR count). The largest absolute Gasteiger partial charge is 0.618 e. The molecule has 0 aromatic carbocycles. The predicted octanol–water partition coefficient (Wildman–Crippen LogP) is 3.01. The fourth-order valence-corrected chi connectivity index (χ4v) is 0.250. The van der Waals surface area contributed by atoms with Crippen LogP contribution in [0.5, 0.6) is 0 Å². The highest BCUT2D eigenvalue weighted by molar-refractivity contribution is 7.22. The van der Waals surface area contributed by atoms with Crippen molar-refractivity contribution in [1.82, 2.24) is 0 Å². The highest BCUT2D eigenvalue weighted by Gasteiger charge is 1.68. The zero-order valence-corrected chi connectivity index (χ0v) is 8.22. The number of halogens is 2. The van der Waals surface area contributed by atoms with Gasteiger partial charge in [-0.05, 0) is 0 Å². The van der Waals surface area contributed by atoms with Gasteiger partial charge in [0.2, 0.25) is 0 Å². The molecule has 0 aliphatic rings. The SMILES string of the molecule is [CH2]CCCC.[Cl][Mg][Cl]. The Morgan fingerprint density at radius 1 is 1.50 bits per heavy atom. The van der Waals surface area contributed by atoms with Crippen molar-refractivity contribution in [3.63, 3.8) is 0 Å². The molecule has 0 heterocycles. The van der Waals surface area contributed by atoms with E-state index in [1.165, 1.54) is 12.8 Å². The molecule has 8 heavy (non-hydrogen) atoms. The van der Waals surface area contributed by atoms with E-state index in [-0.39, 0.29) is 0 Å². The van der Waals surface area contributed by atoms with Crippen molar-refractivity contribution >= 4 is 36.3 Å². The summed E-state index contributed by atoms with van der Waals surface area (Å²) >= 11 is -0.639. The fraction of sp³-hybridized carbons (Fsp3) is 0.800. The lowest BCUT2D eigenvalue weighted by molar-refractivity contribution is 0.813. The standard InChI is InChI=1S/C5H11.2ClH.Mg/c1-3-5-4-2;;;/h1,3-5H2,2H3;2*1H;/q;;;+2/p-2. The van der Waals surface area contributed by atoms with Crippen molar-refractivity contribution in [2.75, 3.05) is 0 Å². The van der Waals surface area contributed by atoms with Crippen molar-refractivity contribution in [2.24, 2.45) is 0 Å². The molecular formula is C5H11Cl2Mg. The van der Waals surface area contributed by atoms with Crippen molar-refractivity contribution in [2.45, 2.75) is 26.2 Å². The molecule has 0 N–H and O–H groups in total. The summed E-state index contributed by atoms with van der Waals surface area (Å²) in [5.74, 6) is 0. The first-order chi connectivity index (χ1) is 3.83. The maximum atomic E-state index is 4.90. The minimum Gasteiger partial charge on any atom is -0.309 e. The van der Waals surface area contributed by atoms with E-state index < -0.39 is 18.2 Å². The van der Waals surface area contributed by atoms with E-state index >= 15 is 0 Å². The third kappa shape index (κ3) is 26.4. The van der Waals surface area contributed by atoms with E-state index in [4.69, 9.17) is 18.1 Å². The van der Waals surface area contributed by atoms with Crippen LogP contribution in [0.3, 0.4) is 0 Å². The van der Waals surface area contributed by atoms with Crippen LogP contribution in [-0.2, 0) is 0 Å². The Hall–Kier alpha value is 1.35. The molecule has 0 aliphatic heterocycles. The number of unbranched alkanes of at least 4 members (excludes halogenated alkanes) is 2. The molecule has 47 valence electrons. The number of rotatable bonds is 2. The first kappa shape index (κ1) is 12.1. The normalized spacial score (nSPS) is 6.50. The van der Waals surface area contributed by atoms with Crippen molar-refractivity contribution in [3.05, 3.63) is 6.92 Å². The van der Waals surface area contributed by atoms with E-state index in [0.29, 0.717) is 0 Å². The Kier molecular flexibility index (Phi) is 23.8. The summed E-state index contributed by atoms with van der Waals surface area (Å²) in [5, 5.41) is 0. The van der Waals surface area contributed by atoms with Crippen LogP contribution in [0, 0.1) is 6.92 Å². The van der Waals surface area contributed by atoms with Crippen LogP contribution in [0.25, 0.3) is 0 Å². The Bertz CT molecular complexity index is 24.4. The second kappa shape index (κ2) is 15.8. The van der Waals surface area contributed by atoms with E-state index in [1.54, 1.807) is 0 Å². The van der Waals surface area contributed by atoms with Gasteiger partial charge >= 0.3 is 18.2 Å². The molecule has 0 nitrogen and oxygen atoms in total. The quantitative estimate of drug-likeness (QED) is 0.553. The summed E-state index contributed by atoms with van der Waals surface area (Å²) in [6.45, 7) is 5.85. The summed E-state index contributed by atoms with van der Waals surface area (Å²) in [7, 11) is 9.81. The Morgan fingerprint density at radius 2 is 1.88 bits per heavy atom.